The molecule has 0 fully saturated rings. The topological polar surface area (TPSA) is 76.0 Å². The van der Waals surface area contributed by atoms with Crippen LogP contribution in [0.15, 0.2) is 12.1 Å². The molecule has 1 rings (SSSR count). The van der Waals surface area contributed by atoms with Crippen molar-refractivity contribution in [2.24, 2.45) is 0 Å². The number of benzene rings is 1. The van der Waals surface area contributed by atoms with Gasteiger partial charge in [0.2, 0.25) is 0 Å². The molecule has 100 valence electrons. The molecule has 0 aliphatic carbocycles. The molecule has 0 aliphatic rings. The fourth-order valence-electron chi connectivity index (χ4n) is 1.28. The maximum Gasteiger partial charge on any atom is 0.335 e. The molecular formula is C12H15ClO5. The predicted octanol–water partition coefficient (Wildman–Crippen LogP) is 2.20. The zero-order valence-electron chi connectivity index (χ0n) is 10.1. The van der Waals surface area contributed by atoms with E-state index in [4.69, 9.17) is 26.2 Å². The van der Waals surface area contributed by atoms with Gasteiger partial charge >= 0.3 is 5.97 Å². The minimum absolute atomic E-state index is 0.0141. The van der Waals surface area contributed by atoms with Crippen LogP contribution in [0.4, 0.5) is 0 Å². The molecule has 2 N–H and O–H groups in total. The van der Waals surface area contributed by atoms with E-state index in [9.17, 15) is 9.90 Å². The van der Waals surface area contributed by atoms with Gasteiger partial charge in [-0.2, -0.15) is 0 Å². The lowest BCUT2D eigenvalue weighted by Gasteiger charge is -2.15. The fourth-order valence-corrected chi connectivity index (χ4v) is 1.55. The number of halogens is 1. The highest BCUT2D eigenvalue weighted by Crippen LogP contribution is 2.36. The Morgan fingerprint density at radius 3 is 2.67 bits per heavy atom. The second-order valence-electron chi connectivity index (χ2n) is 3.67. The van der Waals surface area contributed by atoms with Crippen LogP contribution in [-0.4, -0.2) is 36.0 Å². The van der Waals surface area contributed by atoms with Crippen LogP contribution in [0.25, 0.3) is 0 Å². The van der Waals surface area contributed by atoms with Gasteiger partial charge in [0.25, 0.3) is 0 Å². The lowest BCUT2D eigenvalue weighted by Crippen LogP contribution is -2.16. The third-order valence-corrected chi connectivity index (χ3v) is 2.65. The molecule has 1 aromatic carbocycles. The van der Waals surface area contributed by atoms with Gasteiger partial charge in [-0.1, -0.05) is 18.5 Å². The van der Waals surface area contributed by atoms with Crippen LogP contribution in [-0.2, 0) is 0 Å². The van der Waals surface area contributed by atoms with Crippen molar-refractivity contribution in [1.29, 1.82) is 0 Å². The number of aliphatic hydroxyl groups excluding tert-OH is 1. The number of methoxy groups -OCH3 is 1. The van der Waals surface area contributed by atoms with E-state index < -0.39 is 12.1 Å². The standard InChI is InChI=1S/C12H15ClO5/c1-3-8(14)6-18-11-9(13)4-7(12(15)16)5-10(11)17-2/h4-5,8,14H,3,6H2,1-2H3,(H,15,16). The summed E-state index contributed by atoms with van der Waals surface area (Å²) in [5.41, 5.74) is 0.0141. The van der Waals surface area contributed by atoms with Crippen molar-refractivity contribution in [3.8, 4) is 11.5 Å². The summed E-state index contributed by atoms with van der Waals surface area (Å²) in [6.45, 7) is 1.89. The average molecular weight is 275 g/mol. The summed E-state index contributed by atoms with van der Waals surface area (Å²) in [6, 6.07) is 2.60. The van der Waals surface area contributed by atoms with Crippen molar-refractivity contribution in [3.05, 3.63) is 22.7 Å². The second-order valence-corrected chi connectivity index (χ2v) is 4.07. The van der Waals surface area contributed by atoms with Crippen molar-refractivity contribution in [2.45, 2.75) is 19.4 Å². The molecule has 1 aromatic rings. The summed E-state index contributed by atoms with van der Waals surface area (Å²) < 4.78 is 10.4. The Kier molecular flexibility index (Phi) is 5.25. The smallest absolute Gasteiger partial charge is 0.335 e. The van der Waals surface area contributed by atoms with Gasteiger partial charge in [0.15, 0.2) is 11.5 Å². The van der Waals surface area contributed by atoms with E-state index in [0.717, 1.165) is 0 Å². The van der Waals surface area contributed by atoms with E-state index in [-0.39, 0.29) is 28.7 Å². The molecule has 0 radical (unpaired) electrons. The lowest BCUT2D eigenvalue weighted by molar-refractivity contribution is 0.0696. The molecule has 0 bridgehead atoms. The predicted molar refractivity (Wildman–Crippen MR) is 66.8 cm³/mol. The molecule has 0 saturated heterocycles. The maximum absolute atomic E-state index is 10.9. The zero-order valence-corrected chi connectivity index (χ0v) is 10.9. The van der Waals surface area contributed by atoms with Gasteiger partial charge in [-0.15, -0.1) is 0 Å². The molecule has 0 heterocycles. The quantitative estimate of drug-likeness (QED) is 0.832. The Balaban J connectivity index is 3.00. The van der Waals surface area contributed by atoms with Gasteiger partial charge in [-0.25, -0.2) is 4.79 Å². The molecule has 0 amide bonds. The first kappa shape index (κ1) is 14.6. The molecule has 0 spiro atoms. The van der Waals surface area contributed by atoms with Gasteiger partial charge in [-0.3, -0.25) is 0 Å². The summed E-state index contributed by atoms with van der Waals surface area (Å²) in [7, 11) is 1.39. The average Bonchev–Trinajstić information content (AvgIpc) is 2.35. The highest BCUT2D eigenvalue weighted by molar-refractivity contribution is 6.32. The van der Waals surface area contributed by atoms with Crippen LogP contribution in [0.3, 0.4) is 0 Å². The van der Waals surface area contributed by atoms with Gasteiger partial charge in [0, 0.05) is 0 Å². The minimum Gasteiger partial charge on any atom is -0.493 e. The van der Waals surface area contributed by atoms with E-state index in [1.165, 1.54) is 19.2 Å². The number of aliphatic hydroxyl groups is 1. The summed E-state index contributed by atoms with van der Waals surface area (Å²) >= 11 is 5.93. The highest BCUT2D eigenvalue weighted by atomic mass is 35.5. The van der Waals surface area contributed by atoms with Crippen LogP contribution in [0.2, 0.25) is 5.02 Å². The van der Waals surface area contributed by atoms with Crippen molar-refractivity contribution in [3.63, 3.8) is 0 Å². The van der Waals surface area contributed by atoms with Crippen molar-refractivity contribution >= 4 is 17.6 Å². The van der Waals surface area contributed by atoms with Gasteiger partial charge < -0.3 is 19.7 Å². The molecule has 1 atom stereocenters. The number of ether oxygens (including phenoxy) is 2. The Hall–Kier alpha value is -1.46. The normalized spacial score (nSPS) is 12.0. The monoisotopic (exact) mass is 274 g/mol. The number of hydrogen-bond acceptors (Lipinski definition) is 4. The molecule has 18 heavy (non-hydrogen) atoms. The fraction of sp³-hybridized carbons (Fsp3) is 0.417. The third kappa shape index (κ3) is 3.51. The first-order valence-corrected chi connectivity index (χ1v) is 5.79. The van der Waals surface area contributed by atoms with Crippen LogP contribution < -0.4 is 9.47 Å². The molecule has 1 unspecified atom stereocenters. The second kappa shape index (κ2) is 6.47. The largest absolute Gasteiger partial charge is 0.493 e. The van der Waals surface area contributed by atoms with Gasteiger partial charge in [0.05, 0.1) is 23.8 Å². The summed E-state index contributed by atoms with van der Waals surface area (Å²) in [5, 5.41) is 18.4. The van der Waals surface area contributed by atoms with Gasteiger partial charge in [0.1, 0.15) is 6.61 Å². The summed E-state index contributed by atoms with van der Waals surface area (Å²) in [4.78, 5) is 10.9. The Morgan fingerprint density at radius 2 is 2.17 bits per heavy atom. The molecule has 5 nitrogen and oxygen atoms in total. The number of aromatic carboxylic acids is 1. The highest BCUT2D eigenvalue weighted by Gasteiger charge is 2.16. The van der Waals surface area contributed by atoms with Gasteiger partial charge in [-0.05, 0) is 18.6 Å². The van der Waals surface area contributed by atoms with Crippen LogP contribution in [0, 0.1) is 0 Å². The van der Waals surface area contributed by atoms with E-state index in [1.807, 2.05) is 6.92 Å². The van der Waals surface area contributed by atoms with E-state index in [0.29, 0.717) is 6.42 Å². The first-order valence-electron chi connectivity index (χ1n) is 5.41. The molecule has 6 heteroatoms. The first-order chi connectivity index (χ1) is 8.49. The number of hydrogen-bond donors (Lipinski definition) is 2. The Morgan fingerprint density at radius 1 is 1.50 bits per heavy atom. The van der Waals surface area contributed by atoms with Crippen molar-refractivity contribution in [1.82, 2.24) is 0 Å². The zero-order chi connectivity index (χ0) is 13.7. The van der Waals surface area contributed by atoms with Crippen LogP contribution in [0.5, 0.6) is 11.5 Å². The Labute approximate surface area is 110 Å². The maximum atomic E-state index is 10.9. The van der Waals surface area contributed by atoms with E-state index in [2.05, 4.69) is 0 Å². The number of carboxylic acid groups (broad SMARTS) is 1. The lowest BCUT2D eigenvalue weighted by atomic mass is 10.2. The Bertz CT molecular complexity index is 433. The SMILES string of the molecule is CCC(O)COc1c(Cl)cc(C(=O)O)cc1OC. The minimum atomic E-state index is -1.10. The molecule has 0 saturated carbocycles. The van der Waals surface area contributed by atoms with Crippen LogP contribution >= 0.6 is 11.6 Å². The van der Waals surface area contributed by atoms with Crippen molar-refractivity contribution < 1.29 is 24.5 Å². The van der Waals surface area contributed by atoms with E-state index in [1.54, 1.807) is 0 Å². The number of rotatable bonds is 6. The summed E-state index contributed by atoms with van der Waals surface area (Å²) in [6.07, 6.45) is -0.0578. The van der Waals surface area contributed by atoms with E-state index >= 15 is 0 Å². The van der Waals surface area contributed by atoms with Crippen molar-refractivity contribution in [2.75, 3.05) is 13.7 Å². The van der Waals surface area contributed by atoms with Crippen LogP contribution in [0.1, 0.15) is 23.7 Å². The molecule has 0 aromatic heterocycles. The molecule has 0 aliphatic heterocycles. The summed E-state index contributed by atoms with van der Waals surface area (Å²) in [5.74, 6) is -0.643. The third-order valence-electron chi connectivity index (χ3n) is 2.37. The number of carbonyl (C=O) groups is 1. The number of carboxylic acids is 1. The molecular weight excluding hydrogens is 260 g/mol.